The first-order valence-electron chi connectivity index (χ1n) is 9.41. The maximum Gasteiger partial charge on any atom is 0.246 e. The number of thiazole rings is 1. The van der Waals surface area contributed by atoms with E-state index in [2.05, 4.69) is 27.5 Å². The Morgan fingerprint density at radius 2 is 1.97 bits per heavy atom. The largest absolute Gasteiger partial charge is 0.302 e. The number of fused-ring (bicyclic) bond motifs is 1. The number of hydrogen-bond donors (Lipinski definition) is 1. The highest BCUT2D eigenvalue weighted by molar-refractivity contribution is 7.89. The van der Waals surface area contributed by atoms with Crippen LogP contribution in [-0.4, -0.2) is 46.5 Å². The molecular weight excluding hydrogens is 410 g/mol. The fourth-order valence-electron chi connectivity index (χ4n) is 3.67. The maximum atomic E-state index is 12.7. The molecule has 0 aliphatic carbocycles. The summed E-state index contributed by atoms with van der Waals surface area (Å²) in [5, 5.41) is 7.45. The van der Waals surface area contributed by atoms with Gasteiger partial charge in [-0.2, -0.15) is 9.40 Å². The fourth-order valence-corrected chi connectivity index (χ4v) is 6.17. The fraction of sp³-hybridized carbons (Fsp3) is 0.421. The Labute approximate surface area is 173 Å². The van der Waals surface area contributed by atoms with Gasteiger partial charge in [0.15, 0.2) is 5.13 Å². The topological polar surface area (TPSA) is 97.2 Å². The molecule has 29 heavy (non-hydrogen) atoms. The van der Waals surface area contributed by atoms with Crippen molar-refractivity contribution in [2.75, 3.05) is 18.4 Å². The number of nitrogens with one attached hydrogen (secondary N) is 1. The van der Waals surface area contributed by atoms with E-state index in [1.54, 1.807) is 7.05 Å². The number of carbonyl (C=O) groups is 1. The number of amides is 1. The molecule has 0 bridgehead atoms. The molecule has 154 valence electrons. The summed E-state index contributed by atoms with van der Waals surface area (Å²) in [6.45, 7) is 4.68. The normalized spacial score (nSPS) is 16.4. The van der Waals surface area contributed by atoms with Crippen molar-refractivity contribution < 1.29 is 13.2 Å². The summed E-state index contributed by atoms with van der Waals surface area (Å²) in [6.07, 6.45) is 3.80. The lowest BCUT2D eigenvalue weighted by Gasteiger charge is -2.29. The minimum Gasteiger partial charge on any atom is -0.302 e. The van der Waals surface area contributed by atoms with Crippen LogP contribution in [0.2, 0.25) is 0 Å². The van der Waals surface area contributed by atoms with Crippen LogP contribution in [0.3, 0.4) is 0 Å². The van der Waals surface area contributed by atoms with Gasteiger partial charge < -0.3 is 5.32 Å². The monoisotopic (exact) mass is 433 g/mol. The van der Waals surface area contributed by atoms with Gasteiger partial charge in [0.25, 0.3) is 0 Å². The Hall–Kier alpha value is -2.30. The van der Waals surface area contributed by atoms with E-state index in [0.29, 0.717) is 31.1 Å². The van der Waals surface area contributed by atoms with Gasteiger partial charge in [0.2, 0.25) is 15.9 Å². The van der Waals surface area contributed by atoms with Crippen molar-refractivity contribution in [1.82, 2.24) is 19.1 Å². The lowest BCUT2D eigenvalue weighted by molar-refractivity contribution is -0.120. The van der Waals surface area contributed by atoms with E-state index in [9.17, 15) is 13.2 Å². The van der Waals surface area contributed by atoms with Crippen molar-refractivity contribution in [2.24, 2.45) is 13.0 Å². The molecule has 2 aromatic heterocycles. The summed E-state index contributed by atoms with van der Waals surface area (Å²) in [6, 6.07) is 4.14. The molecule has 0 radical (unpaired) electrons. The van der Waals surface area contributed by atoms with Gasteiger partial charge >= 0.3 is 0 Å². The van der Waals surface area contributed by atoms with Gasteiger partial charge in [-0.15, -0.1) is 0 Å². The number of aryl methyl sites for hydroxylation is 3. The SMILES string of the molecule is Cc1cc(C)c2nc(NC(=O)C3CCN(S(=O)(=O)c4cnn(C)c4)CC3)sc2c1. The first-order chi connectivity index (χ1) is 13.7. The molecule has 1 fully saturated rings. The first kappa shape index (κ1) is 20.0. The Kier molecular flexibility index (Phi) is 5.18. The molecular formula is C19H23N5O3S2. The first-order valence-corrected chi connectivity index (χ1v) is 11.7. The van der Waals surface area contributed by atoms with Gasteiger partial charge in [-0.1, -0.05) is 17.4 Å². The van der Waals surface area contributed by atoms with Crippen molar-refractivity contribution in [3.8, 4) is 0 Å². The number of benzene rings is 1. The number of sulfonamides is 1. The standard InChI is InChI=1S/C19H23N5O3S2/c1-12-8-13(2)17-16(9-12)28-19(21-17)22-18(25)14-4-6-24(7-5-14)29(26,27)15-10-20-23(3)11-15/h8-11,14H,4-7H2,1-3H3,(H,21,22,25). The van der Waals surface area contributed by atoms with Gasteiger partial charge in [-0.05, 0) is 43.9 Å². The van der Waals surface area contributed by atoms with Crippen LogP contribution >= 0.6 is 11.3 Å². The van der Waals surface area contributed by atoms with E-state index >= 15 is 0 Å². The van der Waals surface area contributed by atoms with Crippen LogP contribution in [0.5, 0.6) is 0 Å². The zero-order chi connectivity index (χ0) is 20.8. The zero-order valence-electron chi connectivity index (χ0n) is 16.5. The van der Waals surface area contributed by atoms with Crippen LogP contribution in [0, 0.1) is 19.8 Å². The molecule has 8 nitrogen and oxygen atoms in total. The van der Waals surface area contributed by atoms with Gasteiger partial charge in [0, 0.05) is 32.3 Å². The molecule has 1 aromatic carbocycles. The predicted molar refractivity (Wildman–Crippen MR) is 112 cm³/mol. The van der Waals surface area contributed by atoms with Crippen molar-refractivity contribution >= 4 is 42.6 Å². The number of hydrogen-bond acceptors (Lipinski definition) is 6. The average molecular weight is 434 g/mol. The highest BCUT2D eigenvalue weighted by Crippen LogP contribution is 2.30. The number of aromatic nitrogens is 3. The molecule has 1 N–H and O–H groups in total. The average Bonchev–Trinajstić information content (AvgIpc) is 3.28. The van der Waals surface area contributed by atoms with Crippen molar-refractivity contribution in [2.45, 2.75) is 31.6 Å². The highest BCUT2D eigenvalue weighted by Gasteiger charge is 2.33. The third kappa shape index (κ3) is 3.92. The smallest absolute Gasteiger partial charge is 0.246 e. The van der Waals surface area contributed by atoms with Crippen LogP contribution in [-0.2, 0) is 21.9 Å². The molecule has 4 rings (SSSR count). The van der Waals surface area contributed by atoms with Crippen LogP contribution in [0.1, 0.15) is 24.0 Å². The highest BCUT2D eigenvalue weighted by atomic mass is 32.2. The van der Waals surface area contributed by atoms with Gasteiger partial charge in [0.1, 0.15) is 4.90 Å². The summed E-state index contributed by atoms with van der Waals surface area (Å²) >= 11 is 1.46. The molecule has 1 aliphatic rings. The molecule has 10 heteroatoms. The molecule has 0 unspecified atom stereocenters. The van der Waals surface area contributed by atoms with Crippen molar-refractivity contribution in [3.05, 3.63) is 35.7 Å². The number of piperidine rings is 1. The van der Waals surface area contributed by atoms with E-state index in [-0.39, 0.29) is 16.7 Å². The van der Waals surface area contributed by atoms with Gasteiger partial charge in [-0.25, -0.2) is 13.4 Å². The molecule has 0 spiro atoms. The molecule has 3 heterocycles. The van der Waals surface area contributed by atoms with Gasteiger partial charge in [0.05, 0.1) is 16.4 Å². The van der Waals surface area contributed by atoms with E-state index in [1.165, 1.54) is 38.3 Å². The summed E-state index contributed by atoms with van der Waals surface area (Å²) in [7, 11) is -1.89. The molecule has 1 aliphatic heterocycles. The molecule has 3 aromatic rings. The van der Waals surface area contributed by atoms with E-state index in [4.69, 9.17) is 0 Å². The summed E-state index contributed by atoms with van der Waals surface area (Å²) in [5.74, 6) is -0.331. The summed E-state index contributed by atoms with van der Waals surface area (Å²) in [5.41, 5.74) is 3.16. The summed E-state index contributed by atoms with van der Waals surface area (Å²) in [4.78, 5) is 17.4. The Morgan fingerprint density at radius 3 is 2.62 bits per heavy atom. The van der Waals surface area contributed by atoms with E-state index in [1.807, 2.05) is 13.8 Å². The maximum absolute atomic E-state index is 12.7. The Bertz CT molecular complexity index is 1170. The molecule has 0 atom stereocenters. The molecule has 0 saturated carbocycles. The third-order valence-corrected chi connectivity index (χ3v) is 7.97. The van der Waals surface area contributed by atoms with Crippen LogP contribution in [0.15, 0.2) is 29.4 Å². The van der Waals surface area contributed by atoms with Crippen molar-refractivity contribution in [1.29, 1.82) is 0 Å². The second-order valence-electron chi connectivity index (χ2n) is 7.46. The van der Waals surface area contributed by atoms with E-state index in [0.717, 1.165) is 15.8 Å². The van der Waals surface area contributed by atoms with Crippen molar-refractivity contribution in [3.63, 3.8) is 0 Å². The number of carbonyl (C=O) groups excluding carboxylic acids is 1. The minimum absolute atomic E-state index is 0.100. The van der Waals surface area contributed by atoms with Crippen LogP contribution in [0.4, 0.5) is 5.13 Å². The second-order valence-corrected chi connectivity index (χ2v) is 10.4. The lowest BCUT2D eigenvalue weighted by atomic mass is 9.97. The quantitative estimate of drug-likeness (QED) is 0.682. The van der Waals surface area contributed by atoms with E-state index < -0.39 is 10.0 Å². The number of anilines is 1. The number of nitrogens with zero attached hydrogens (tertiary/aromatic N) is 4. The zero-order valence-corrected chi connectivity index (χ0v) is 18.2. The van der Waals surface area contributed by atoms with Crippen LogP contribution < -0.4 is 5.32 Å². The Balaban J connectivity index is 1.41. The Morgan fingerprint density at radius 1 is 1.24 bits per heavy atom. The lowest BCUT2D eigenvalue weighted by Crippen LogP contribution is -2.41. The minimum atomic E-state index is -3.57. The number of rotatable bonds is 4. The third-order valence-electron chi connectivity index (χ3n) is 5.20. The van der Waals surface area contributed by atoms with Gasteiger partial charge in [-0.3, -0.25) is 9.48 Å². The predicted octanol–water partition coefficient (Wildman–Crippen LogP) is 2.69. The molecule has 1 saturated heterocycles. The van der Waals surface area contributed by atoms with Crippen LogP contribution in [0.25, 0.3) is 10.2 Å². The summed E-state index contributed by atoms with van der Waals surface area (Å²) < 4.78 is 29.3. The second kappa shape index (κ2) is 7.51. The molecule has 1 amide bonds.